The summed E-state index contributed by atoms with van der Waals surface area (Å²) in [5, 5.41) is 2.88. The number of morpholine rings is 1. The monoisotopic (exact) mass is 389 g/mol. The van der Waals surface area contributed by atoms with E-state index < -0.39 is 0 Å². The Balaban J connectivity index is 1.41. The molecule has 148 valence electrons. The number of ether oxygens (including phenoxy) is 2. The molecule has 1 aliphatic heterocycles. The van der Waals surface area contributed by atoms with Crippen LogP contribution in [-0.2, 0) is 11.3 Å². The molecule has 0 radical (unpaired) electrons. The predicted octanol–water partition coefficient (Wildman–Crippen LogP) is 3.75. The summed E-state index contributed by atoms with van der Waals surface area (Å²) in [5.74, 6) is 1.08. The van der Waals surface area contributed by atoms with Crippen molar-refractivity contribution in [2.24, 2.45) is 0 Å². The van der Waals surface area contributed by atoms with E-state index in [0.717, 1.165) is 43.3 Å². The Morgan fingerprint density at radius 2 is 1.76 bits per heavy atom. The van der Waals surface area contributed by atoms with Gasteiger partial charge in [0.15, 0.2) is 0 Å². The first-order valence-corrected chi connectivity index (χ1v) is 9.65. The van der Waals surface area contributed by atoms with Gasteiger partial charge in [0, 0.05) is 24.2 Å². The van der Waals surface area contributed by atoms with Gasteiger partial charge in [-0.25, -0.2) is 4.98 Å². The minimum Gasteiger partial charge on any atom is -0.489 e. The molecule has 0 atom stereocenters. The van der Waals surface area contributed by atoms with Gasteiger partial charge in [0.05, 0.1) is 25.1 Å². The number of amides is 1. The van der Waals surface area contributed by atoms with Gasteiger partial charge in [-0.2, -0.15) is 0 Å². The summed E-state index contributed by atoms with van der Waals surface area (Å²) < 4.78 is 11.2. The highest BCUT2D eigenvalue weighted by atomic mass is 16.5. The van der Waals surface area contributed by atoms with E-state index in [-0.39, 0.29) is 5.91 Å². The van der Waals surface area contributed by atoms with Crippen LogP contribution in [0.4, 0.5) is 11.5 Å². The Bertz CT molecular complexity index is 939. The van der Waals surface area contributed by atoms with Crippen molar-refractivity contribution in [3.05, 3.63) is 84.1 Å². The molecule has 2 aromatic carbocycles. The average molecular weight is 389 g/mol. The highest BCUT2D eigenvalue weighted by molar-refractivity contribution is 6.04. The fraction of sp³-hybridized carbons (Fsp3) is 0.217. The first-order valence-electron chi connectivity index (χ1n) is 9.65. The SMILES string of the molecule is O=C(Nc1ccc(N2CCOCC2)cn1)c1ccccc1COc1ccccc1. The zero-order chi connectivity index (χ0) is 19.9. The molecule has 0 unspecified atom stereocenters. The number of hydrogen-bond acceptors (Lipinski definition) is 5. The van der Waals surface area contributed by atoms with Crippen LogP contribution in [0, 0.1) is 0 Å². The average Bonchev–Trinajstić information content (AvgIpc) is 2.80. The Labute approximate surface area is 170 Å². The van der Waals surface area contributed by atoms with Crippen LogP contribution < -0.4 is 15.0 Å². The molecule has 1 saturated heterocycles. The third-order valence-corrected chi connectivity index (χ3v) is 4.77. The molecule has 1 aliphatic rings. The summed E-state index contributed by atoms with van der Waals surface area (Å²) in [5.41, 5.74) is 2.42. The number of anilines is 2. The lowest BCUT2D eigenvalue weighted by atomic mass is 10.1. The van der Waals surface area contributed by atoms with E-state index in [1.807, 2.05) is 60.7 Å². The van der Waals surface area contributed by atoms with E-state index in [1.54, 1.807) is 12.3 Å². The largest absolute Gasteiger partial charge is 0.489 e. The van der Waals surface area contributed by atoms with E-state index in [9.17, 15) is 4.79 Å². The maximum Gasteiger partial charge on any atom is 0.257 e. The van der Waals surface area contributed by atoms with Crippen LogP contribution in [0.25, 0.3) is 0 Å². The zero-order valence-corrected chi connectivity index (χ0v) is 16.1. The first kappa shape index (κ1) is 19.0. The highest BCUT2D eigenvalue weighted by Crippen LogP contribution is 2.19. The summed E-state index contributed by atoms with van der Waals surface area (Å²) in [7, 11) is 0. The second-order valence-electron chi connectivity index (χ2n) is 6.71. The zero-order valence-electron chi connectivity index (χ0n) is 16.1. The topological polar surface area (TPSA) is 63.7 Å². The summed E-state index contributed by atoms with van der Waals surface area (Å²) >= 11 is 0. The van der Waals surface area contributed by atoms with Crippen molar-refractivity contribution in [1.82, 2.24) is 4.98 Å². The van der Waals surface area contributed by atoms with Gasteiger partial charge >= 0.3 is 0 Å². The van der Waals surface area contributed by atoms with Crippen molar-refractivity contribution in [3.63, 3.8) is 0 Å². The number of nitrogens with one attached hydrogen (secondary N) is 1. The Kier molecular flexibility index (Phi) is 6.02. The van der Waals surface area contributed by atoms with Crippen LogP contribution in [0.1, 0.15) is 15.9 Å². The molecule has 1 amide bonds. The van der Waals surface area contributed by atoms with Crippen molar-refractivity contribution in [3.8, 4) is 5.75 Å². The number of para-hydroxylation sites is 1. The Hall–Kier alpha value is -3.38. The molecule has 4 rings (SSSR count). The van der Waals surface area contributed by atoms with Crippen molar-refractivity contribution < 1.29 is 14.3 Å². The number of hydrogen-bond donors (Lipinski definition) is 1. The maximum atomic E-state index is 12.8. The van der Waals surface area contributed by atoms with E-state index in [0.29, 0.717) is 18.0 Å². The van der Waals surface area contributed by atoms with Gasteiger partial charge in [0.2, 0.25) is 0 Å². The minimum atomic E-state index is -0.205. The molecule has 0 spiro atoms. The second kappa shape index (κ2) is 9.21. The molecule has 2 heterocycles. The molecule has 0 saturated carbocycles. The van der Waals surface area contributed by atoms with Crippen LogP contribution in [0.15, 0.2) is 72.9 Å². The predicted molar refractivity (Wildman–Crippen MR) is 112 cm³/mol. The summed E-state index contributed by atoms with van der Waals surface area (Å²) in [4.78, 5) is 19.4. The number of aromatic nitrogens is 1. The van der Waals surface area contributed by atoms with Gasteiger partial charge in [-0.3, -0.25) is 4.79 Å². The summed E-state index contributed by atoms with van der Waals surface area (Å²) in [6, 6.07) is 20.8. The third kappa shape index (κ3) is 4.92. The molecular formula is C23H23N3O3. The van der Waals surface area contributed by atoms with Gasteiger partial charge in [-0.05, 0) is 30.3 Å². The van der Waals surface area contributed by atoms with E-state index >= 15 is 0 Å². The van der Waals surface area contributed by atoms with Crippen LogP contribution >= 0.6 is 0 Å². The van der Waals surface area contributed by atoms with Crippen molar-refractivity contribution in [1.29, 1.82) is 0 Å². The lowest BCUT2D eigenvalue weighted by molar-refractivity contribution is 0.102. The van der Waals surface area contributed by atoms with Crippen molar-refractivity contribution >= 4 is 17.4 Å². The first-order chi connectivity index (χ1) is 14.3. The van der Waals surface area contributed by atoms with E-state index in [1.165, 1.54) is 0 Å². The maximum absolute atomic E-state index is 12.8. The smallest absolute Gasteiger partial charge is 0.257 e. The fourth-order valence-corrected chi connectivity index (χ4v) is 3.20. The van der Waals surface area contributed by atoms with E-state index in [2.05, 4.69) is 15.2 Å². The summed E-state index contributed by atoms with van der Waals surface area (Å²) in [6.07, 6.45) is 1.78. The fourth-order valence-electron chi connectivity index (χ4n) is 3.20. The number of rotatable bonds is 6. The van der Waals surface area contributed by atoms with Gasteiger partial charge < -0.3 is 19.7 Å². The molecule has 3 aromatic rings. The van der Waals surface area contributed by atoms with Crippen LogP contribution in [0.2, 0.25) is 0 Å². The molecule has 29 heavy (non-hydrogen) atoms. The molecular weight excluding hydrogens is 366 g/mol. The number of pyridine rings is 1. The van der Waals surface area contributed by atoms with Crippen LogP contribution in [0.3, 0.4) is 0 Å². The van der Waals surface area contributed by atoms with Crippen LogP contribution in [0.5, 0.6) is 5.75 Å². The second-order valence-corrected chi connectivity index (χ2v) is 6.71. The molecule has 0 bridgehead atoms. The molecule has 1 fully saturated rings. The van der Waals surface area contributed by atoms with Crippen molar-refractivity contribution in [2.45, 2.75) is 6.61 Å². The van der Waals surface area contributed by atoms with Gasteiger partial charge in [-0.15, -0.1) is 0 Å². The Morgan fingerprint density at radius 1 is 1.00 bits per heavy atom. The van der Waals surface area contributed by atoms with E-state index in [4.69, 9.17) is 9.47 Å². The highest BCUT2D eigenvalue weighted by Gasteiger charge is 2.14. The normalized spacial score (nSPS) is 13.7. The van der Waals surface area contributed by atoms with Crippen molar-refractivity contribution in [2.75, 3.05) is 36.5 Å². The minimum absolute atomic E-state index is 0.205. The van der Waals surface area contributed by atoms with Gasteiger partial charge in [0.1, 0.15) is 18.2 Å². The third-order valence-electron chi connectivity index (χ3n) is 4.77. The summed E-state index contributed by atoms with van der Waals surface area (Å²) in [6.45, 7) is 3.46. The molecule has 6 nitrogen and oxygen atoms in total. The standard InChI is InChI=1S/C23H23N3O3/c27-23(25-22-11-10-19(16-24-22)26-12-14-28-15-13-26)21-9-5-4-6-18(21)17-29-20-7-2-1-3-8-20/h1-11,16H,12-15,17H2,(H,24,25,27). The number of carbonyl (C=O) groups is 1. The van der Waals surface area contributed by atoms with Crippen LogP contribution in [-0.4, -0.2) is 37.2 Å². The van der Waals surface area contributed by atoms with Gasteiger partial charge in [-0.1, -0.05) is 36.4 Å². The Morgan fingerprint density at radius 3 is 2.52 bits per heavy atom. The quantitative estimate of drug-likeness (QED) is 0.696. The lowest BCUT2D eigenvalue weighted by Gasteiger charge is -2.28. The number of benzene rings is 2. The molecule has 1 N–H and O–H groups in total. The number of carbonyl (C=O) groups excluding carboxylic acids is 1. The van der Waals surface area contributed by atoms with Gasteiger partial charge in [0.25, 0.3) is 5.91 Å². The molecule has 1 aromatic heterocycles. The molecule has 6 heteroatoms. The lowest BCUT2D eigenvalue weighted by Crippen LogP contribution is -2.36. The molecule has 0 aliphatic carbocycles. The number of nitrogens with zero attached hydrogens (tertiary/aromatic N) is 2.